The third-order valence-electron chi connectivity index (χ3n) is 3.63. The lowest BCUT2D eigenvalue weighted by Crippen LogP contribution is -2.09. The van der Waals surface area contributed by atoms with Crippen molar-refractivity contribution < 1.29 is 19.1 Å². The number of hydrogen-bond donors (Lipinski definition) is 0. The van der Waals surface area contributed by atoms with Crippen LogP contribution in [0.5, 0.6) is 11.5 Å². The van der Waals surface area contributed by atoms with Crippen LogP contribution < -0.4 is 9.47 Å². The summed E-state index contributed by atoms with van der Waals surface area (Å²) >= 11 is 0. The van der Waals surface area contributed by atoms with Gasteiger partial charge < -0.3 is 9.47 Å². The van der Waals surface area contributed by atoms with E-state index in [9.17, 15) is 9.59 Å². The molecule has 0 aliphatic carbocycles. The van der Waals surface area contributed by atoms with E-state index in [0.29, 0.717) is 35.5 Å². The molecule has 24 heavy (non-hydrogen) atoms. The quantitative estimate of drug-likeness (QED) is 0.400. The van der Waals surface area contributed by atoms with Crippen molar-refractivity contribution in [2.45, 2.75) is 6.92 Å². The van der Waals surface area contributed by atoms with Crippen LogP contribution in [0.4, 0.5) is 0 Å². The highest BCUT2D eigenvalue weighted by Crippen LogP contribution is 2.26. The number of rotatable bonds is 5. The first-order valence-corrected chi connectivity index (χ1v) is 7.65. The molecule has 0 radical (unpaired) electrons. The maximum atomic E-state index is 12.5. The summed E-state index contributed by atoms with van der Waals surface area (Å²) in [5.41, 5.74) is 0.910. The first-order valence-electron chi connectivity index (χ1n) is 7.65. The molecule has 0 saturated heterocycles. The molecule has 0 fully saturated rings. The minimum atomic E-state index is -0.451. The Morgan fingerprint density at radius 2 is 1.83 bits per heavy atom. The average Bonchev–Trinajstić information content (AvgIpc) is 2.62. The monoisotopic (exact) mass is 320 g/mol. The third kappa shape index (κ3) is 3.13. The summed E-state index contributed by atoms with van der Waals surface area (Å²) in [6.07, 6.45) is 0.710. The molecule has 0 N–H and O–H groups in total. The second kappa shape index (κ2) is 6.96. The summed E-state index contributed by atoms with van der Waals surface area (Å²) in [6, 6.07) is 17.8. The van der Waals surface area contributed by atoms with E-state index in [1.54, 1.807) is 24.3 Å². The number of aldehydes is 1. The number of ether oxygens (including phenoxy) is 2. The Morgan fingerprint density at radius 3 is 2.62 bits per heavy atom. The molecule has 4 heteroatoms. The zero-order chi connectivity index (χ0) is 16.9. The Bertz CT molecular complexity index is 894. The van der Waals surface area contributed by atoms with E-state index in [1.807, 2.05) is 43.3 Å². The summed E-state index contributed by atoms with van der Waals surface area (Å²) in [7, 11) is 0. The van der Waals surface area contributed by atoms with Gasteiger partial charge in [0.1, 0.15) is 11.5 Å². The zero-order valence-corrected chi connectivity index (χ0v) is 13.2. The van der Waals surface area contributed by atoms with Gasteiger partial charge in [0.05, 0.1) is 17.7 Å². The van der Waals surface area contributed by atoms with Gasteiger partial charge in [-0.05, 0) is 35.9 Å². The fraction of sp³-hybridized carbons (Fsp3) is 0.100. The lowest BCUT2D eigenvalue weighted by Gasteiger charge is -2.10. The number of carbonyl (C=O) groups excluding carboxylic acids is 2. The van der Waals surface area contributed by atoms with Crippen LogP contribution in [-0.4, -0.2) is 18.9 Å². The van der Waals surface area contributed by atoms with Crippen molar-refractivity contribution in [3.8, 4) is 11.5 Å². The number of carbonyl (C=O) groups is 2. The van der Waals surface area contributed by atoms with E-state index < -0.39 is 5.97 Å². The van der Waals surface area contributed by atoms with Crippen LogP contribution in [0.25, 0.3) is 10.8 Å². The van der Waals surface area contributed by atoms with Gasteiger partial charge in [0.15, 0.2) is 6.29 Å². The molecule has 3 rings (SSSR count). The topological polar surface area (TPSA) is 52.6 Å². The van der Waals surface area contributed by atoms with Gasteiger partial charge in [-0.25, -0.2) is 4.79 Å². The molecule has 0 heterocycles. The van der Waals surface area contributed by atoms with Crippen molar-refractivity contribution in [3.63, 3.8) is 0 Å². The number of esters is 1. The van der Waals surface area contributed by atoms with E-state index in [1.165, 1.54) is 0 Å². The smallest absolute Gasteiger partial charge is 0.344 e. The maximum absolute atomic E-state index is 12.5. The predicted octanol–water partition coefficient (Wildman–Crippen LogP) is 4.27. The van der Waals surface area contributed by atoms with Crippen molar-refractivity contribution >= 4 is 23.0 Å². The van der Waals surface area contributed by atoms with Crippen LogP contribution >= 0.6 is 0 Å². The van der Waals surface area contributed by atoms with Crippen LogP contribution in [0.3, 0.4) is 0 Å². The molecule has 0 amide bonds. The molecule has 0 aliphatic heterocycles. The lowest BCUT2D eigenvalue weighted by atomic mass is 10.0. The molecular weight excluding hydrogens is 304 g/mol. The van der Waals surface area contributed by atoms with Crippen LogP contribution in [0.15, 0.2) is 60.7 Å². The van der Waals surface area contributed by atoms with Gasteiger partial charge in [-0.1, -0.05) is 36.4 Å². The molecular formula is C20H16O4. The van der Waals surface area contributed by atoms with Crippen molar-refractivity contribution in [1.29, 1.82) is 0 Å². The molecule has 3 aromatic carbocycles. The highest BCUT2D eigenvalue weighted by Gasteiger charge is 2.13. The number of benzene rings is 3. The van der Waals surface area contributed by atoms with Crippen LogP contribution in [-0.2, 0) is 0 Å². The van der Waals surface area contributed by atoms with Crippen molar-refractivity contribution in [1.82, 2.24) is 0 Å². The SMILES string of the molecule is CCOc1cc(OC(=O)c2cccc3ccccc23)ccc1C=O. The maximum Gasteiger partial charge on any atom is 0.344 e. The van der Waals surface area contributed by atoms with Crippen molar-refractivity contribution in [2.75, 3.05) is 6.61 Å². The molecule has 0 unspecified atom stereocenters. The van der Waals surface area contributed by atoms with Crippen LogP contribution in [0.1, 0.15) is 27.6 Å². The highest BCUT2D eigenvalue weighted by molar-refractivity contribution is 6.05. The Kier molecular flexibility index (Phi) is 4.57. The number of fused-ring (bicyclic) bond motifs is 1. The lowest BCUT2D eigenvalue weighted by molar-refractivity contribution is 0.0736. The van der Waals surface area contributed by atoms with Gasteiger partial charge >= 0.3 is 5.97 Å². The first kappa shape index (κ1) is 15.7. The summed E-state index contributed by atoms with van der Waals surface area (Å²) in [6.45, 7) is 2.24. The Balaban J connectivity index is 1.91. The summed E-state index contributed by atoms with van der Waals surface area (Å²) in [4.78, 5) is 23.5. The molecule has 0 bridgehead atoms. The molecule has 0 atom stereocenters. The summed E-state index contributed by atoms with van der Waals surface area (Å²) in [5.74, 6) is 0.283. The third-order valence-corrected chi connectivity index (χ3v) is 3.63. The Hall–Kier alpha value is -3.14. The minimum Gasteiger partial charge on any atom is -0.493 e. The second-order valence-electron chi connectivity index (χ2n) is 5.17. The van der Waals surface area contributed by atoms with Gasteiger partial charge in [-0.2, -0.15) is 0 Å². The summed E-state index contributed by atoms with van der Waals surface area (Å²) < 4.78 is 10.9. The minimum absolute atomic E-state index is 0.335. The fourth-order valence-corrected chi connectivity index (χ4v) is 2.52. The van der Waals surface area contributed by atoms with Crippen LogP contribution in [0.2, 0.25) is 0 Å². The van der Waals surface area contributed by atoms with E-state index in [2.05, 4.69) is 0 Å². The van der Waals surface area contributed by atoms with Crippen molar-refractivity contribution in [3.05, 3.63) is 71.8 Å². The largest absolute Gasteiger partial charge is 0.493 e. The fourth-order valence-electron chi connectivity index (χ4n) is 2.52. The summed E-state index contributed by atoms with van der Waals surface area (Å²) in [5, 5.41) is 1.80. The highest BCUT2D eigenvalue weighted by atomic mass is 16.5. The molecule has 0 saturated carbocycles. The molecule has 0 spiro atoms. The van der Waals surface area contributed by atoms with Gasteiger partial charge in [0, 0.05) is 6.07 Å². The van der Waals surface area contributed by atoms with Gasteiger partial charge in [-0.3, -0.25) is 4.79 Å². The van der Waals surface area contributed by atoms with E-state index in [4.69, 9.17) is 9.47 Å². The van der Waals surface area contributed by atoms with Gasteiger partial charge in [-0.15, -0.1) is 0 Å². The normalized spacial score (nSPS) is 10.4. The van der Waals surface area contributed by atoms with E-state index in [-0.39, 0.29) is 0 Å². The standard InChI is InChI=1S/C20H16O4/c1-2-23-19-12-16(11-10-15(19)13-21)24-20(22)18-9-5-7-14-6-3-4-8-17(14)18/h3-13H,2H2,1H3. The Morgan fingerprint density at radius 1 is 1.04 bits per heavy atom. The second-order valence-corrected chi connectivity index (χ2v) is 5.17. The van der Waals surface area contributed by atoms with E-state index >= 15 is 0 Å². The van der Waals surface area contributed by atoms with Gasteiger partial charge in [0.25, 0.3) is 0 Å². The first-order chi connectivity index (χ1) is 11.7. The van der Waals surface area contributed by atoms with E-state index in [0.717, 1.165) is 10.8 Å². The molecule has 120 valence electrons. The zero-order valence-electron chi connectivity index (χ0n) is 13.2. The average molecular weight is 320 g/mol. The molecule has 0 aliphatic rings. The number of hydrogen-bond acceptors (Lipinski definition) is 4. The molecule has 3 aromatic rings. The molecule has 4 nitrogen and oxygen atoms in total. The van der Waals surface area contributed by atoms with Crippen molar-refractivity contribution in [2.24, 2.45) is 0 Å². The van der Waals surface area contributed by atoms with Gasteiger partial charge in [0.2, 0.25) is 0 Å². The Labute approximate surface area is 139 Å². The van der Waals surface area contributed by atoms with Crippen LogP contribution in [0, 0.1) is 0 Å². The predicted molar refractivity (Wildman–Crippen MR) is 91.9 cm³/mol. The molecule has 0 aromatic heterocycles.